The maximum atomic E-state index is 13.1. The van der Waals surface area contributed by atoms with E-state index in [0.717, 1.165) is 12.1 Å². The molecule has 1 heterocycles. The second-order valence-corrected chi connectivity index (χ2v) is 6.77. The van der Waals surface area contributed by atoms with Gasteiger partial charge in [0.2, 0.25) is 5.91 Å². The molecule has 158 valence electrons. The van der Waals surface area contributed by atoms with Crippen LogP contribution in [-0.2, 0) is 23.9 Å². The van der Waals surface area contributed by atoms with Gasteiger partial charge in [-0.25, -0.2) is 9.78 Å². The molecule has 0 saturated heterocycles. The van der Waals surface area contributed by atoms with Gasteiger partial charge in [0.25, 0.3) is 0 Å². The lowest BCUT2D eigenvalue weighted by molar-refractivity contribution is -0.137. The first kappa shape index (κ1) is 21.4. The molecule has 0 aliphatic heterocycles. The Morgan fingerprint density at radius 1 is 1.17 bits per heavy atom. The van der Waals surface area contributed by atoms with Gasteiger partial charge in [-0.15, -0.1) is 0 Å². The Morgan fingerprint density at radius 2 is 1.93 bits per heavy atom. The molecule has 1 amide bonds. The van der Waals surface area contributed by atoms with Crippen molar-refractivity contribution in [3.63, 3.8) is 0 Å². The monoisotopic (exact) mass is 419 g/mol. The number of halogens is 3. The van der Waals surface area contributed by atoms with E-state index in [4.69, 9.17) is 0 Å². The van der Waals surface area contributed by atoms with Crippen molar-refractivity contribution in [2.45, 2.75) is 32.5 Å². The zero-order valence-corrected chi connectivity index (χ0v) is 16.2. The van der Waals surface area contributed by atoms with Crippen LogP contribution in [0.25, 0.3) is 11.0 Å². The van der Waals surface area contributed by atoms with E-state index < -0.39 is 17.7 Å². The van der Waals surface area contributed by atoms with Crippen LogP contribution >= 0.6 is 0 Å². The summed E-state index contributed by atoms with van der Waals surface area (Å²) < 4.78 is 40.9. The van der Waals surface area contributed by atoms with Gasteiger partial charge in [0.15, 0.2) is 0 Å². The van der Waals surface area contributed by atoms with Crippen LogP contribution in [0.4, 0.5) is 13.2 Å². The Bertz CT molecular complexity index is 1090. The molecule has 9 heteroatoms. The molecule has 3 rings (SSSR count). The van der Waals surface area contributed by atoms with Crippen LogP contribution in [-0.4, -0.2) is 33.1 Å². The molecule has 1 aromatic heterocycles. The number of hydrogen-bond donors (Lipinski definition) is 2. The van der Waals surface area contributed by atoms with Gasteiger partial charge in [-0.3, -0.25) is 4.79 Å². The Morgan fingerprint density at radius 3 is 2.60 bits per heavy atom. The standard InChI is InChI=1S/C21H20F3N3O3/c1-2-19(28)25-9-8-18-26-16-11-14(20(29)30)6-7-17(16)27(18)12-13-4-3-5-15(10-13)21(22,23)24/h3-7,10-11H,2,8-9,12H2,1H3,(H,25,28)(H,29,30). The molecule has 0 aliphatic carbocycles. The van der Waals surface area contributed by atoms with Crippen LogP contribution in [0.5, 0.6) is 0 Å². The van der Waals surface area contributed by atoms with Crippen molar-refractivity contribution in [3.8, 4) is 0 Å². The molecule has 0 unspecified atom stereocenters. The van der Waals surface area contributed by atoms with Crippen LogP contribution in [0, 0.1) is 0 Å². The van der Waals surface area contributed by atoms with E-state index in [0.29, 0.717) is 41.8 Å². The Balaban J connectivity index is 1.98. The van der Waals surface area contributed by atoms with Crippen LogP contribution in [0.15, 0.2) is 42.5 Å². The van der Waals surface area contributed by atoms with E-state index >= 15 is 0 Å². The molecular weight excluding hydrogens is 399 g/mol. The SMILES string of the molecule is CCC(=O)NCCc1nc2cc(C(=O)O)ccc2n1Cc1cccc(C(F)(F)F)c1. The third kappa shape index (κ3) is 4.79. The summed E-state index contributed by atoms with van der Waals surface area (Å²) in [6, 6.07) is 9.48. The highest BCUT2D eigenvalue weighted by molar-refractivity contribution is 5.92. The van der Waals surface area contributed by atoms with Crippen molar-refractivity contribution in [2.75, 3.05) is 6.54 Å². The van der Waals surface area contributed by atoms with Crippen molar-refractivity contribution in [3.05, 3.63) is 65.0 Å². The van der Waals surface area contributed by atoms with Crippen molar-refractivity contribution >= 4 is 22.9 Å². The minimum atomic E-state index is -4.45. The zero-order chi connectivity index (χ0) is 21.9. The first-order chi connectivity index (χ1) is 14.2. The van der Waals surface area contributed by atoms with Gasteiger partial charge in [-0.2, -0.15) is 13.2 Å². The van der Waals surface area contributed by atoms with E-state index in [1.165, 1.54) is 18.2 Å². The number of aromatic nitrogens is 2. The fourth-order valence-corrected chi connectivity index (χ4v) is 3.15. The number of carbonyl (C=O) groups is 2. The van der Waals surface area contributed by atoms with Crippen molar-refractivity contribution in [1.29, 1.82) is 0 Å². The first-order valence-electron chi connectivity index (χ1n) is 9.34. The summed E-state index contributed by atoms with van der Waals surface area (Å²) in [5.41, 5.74) is 0.796. The summed E-state index contributed by atoms with van der Waals surface area (Å²) in [5, 5.41) is 11.9. The van der Waals surface area contributed by atoms with Crippen LogP contribution in [0.3, 0.4) is 0 Å². The number of nitrogens with zero attached hydrogens (tertiary/aromatic N) is 2. The molecular formula is C21H20F3N3O3. The topological polar surface area (TPSA) is 84.2 Å². The molecule has 0 radical (unpaired) electrons. The lowest BCUT2D eigenvalue weighted by Crippen LogP contribution is -2.25. The third-order valence-corrected chi connectivity index (χ3v) is 4.66. The molecule has 0 atom stereocenters. The van der Waals surface area contributed by atoms with Gasteiger partial charge in [0.1, 0.15) is 5.82 Å². The largest absolute Gasteiger partial charge is 0.478 e. The quantitative estimate of drug-likeness (QED) is 0.609. The summed E-state index contributed by atoms with van der Waals surface area (Å²) in [5.74, 6) is -0.675. The summed E-state index contributed by atoms with van der Waals surface area (Å²) in [7, 11) is 0. The van der Waals surface area contributed by atoms with Crippen LogP contribution in [0.1, 0.15) is 40.7 Å². The second-order valence-electron chi connectivity index (χ2n) is 6.77. The number of carboxylic acid groups (broad SMARTS) is 1. The van der Waals surface area contributed by atoms with E-state index in [2.05, 4.69) is 10.3 Å². The molecule has 6 nitrogen and oxygen atoms in total. The first-order valence-corrected chi connectivity index (χ1v) is 9.34. The van der Waals surface area contributed by atoms with Gasteiger partial charge in [0, 0.05) is 25.9 Å². The molecule has 2 N–H and O–H groups in total. The molecule has 0 spiro atoms. The Hall–Kier alpha value is -3.36. The molecule has 3 aromatic rings. The molecule has 30 heavy (non-hydrogen) atoms. The van der Waals surface area contributed by atoms with E-state index in [1.54, 1.807) is 23.6 Å². The molecule has 0 saturated carbocycles. The summed E-state index contributed by atoms with van der Waals surface area (Å²) in [6.07, 6.45) is -3.76. The van der Waals surface area contributed by atoms with Crippen molar-refractivity contribution in [2.24, 2.45) is 0 Å². The maximum Gasteiger partial charge on any atom is 0.416 e. The molecule has 0 aliphatic rings. The second kappa shape index (κ2) is 8.56. The van der Waals surface area contributed by atoms with Crippen LogP contribution in [0.2, 0.25) is 0 Å². The summed E-state index contributed by atoms with van der Waals surface area (Å²) >= 11 is 0. The number of rotatable bonds is 7. The minimum Gasteiger partial charge on any atom is -0.478 e. The van der Waals surface area contributed by atoms with Gasteiger partial charge >= 0.3 is 12.1 Å². The summed E-state index contributed by atoms with van der Waals surface area (Å²) in [6.45, 7) is 2.17. The van der Waals surface area contributed by atoms with Gasteiger partial charge in [-0.1, -0.05) is 19.1 Å². The Labute approximate surface area is 170 Å². The number of fused-ring (bicyclic) bond motifs is 1. The third-order valence-electron chi connectivity index (χ3n) is 4.66. The maximum absolute atomic E-state index is 13.1. The number of carboxylic acids is 1. The number of hydrogen-bond acceptors (Lipinski definition) is 3. The number of aromatic carboxylic acids is 1. The van der Waals surface area contributed by atoms with Crippen molar-refractivity contribution < 1.29 is 27.9 Å². The molecule has 0 bridgehead atoms. The lowest BCUT2D eigenvalue weighted by atomic mass is 10.1. The average Bonchev–Trinajstić information content (AvgIpc) is 3.04. The van der Waals surface area contributed by atoms with Gasteiger partial charge in [0.05, 0.1) is 22.2 Å². The lowest BCUT2D eigenvalue weighted by Gasteiger charge is -2.12. The predicted octanol–water partition coefficient (Wildman–Crippen LogP) is 3.87. The minimum absolute atomic E-state index is 0.0667. The van der Waals surface area contributed by atoms with E-state index in [-0.39, 0.29) is 18.0 Å². The zero-order valence-electron chi connectivity index (χ0n) is 16.2. The highest BCUT2D eigenvalue weighted by Crippen LogP contribution is 2.30. The Kier molecular flexibility index (Phi) is 6.09. The van der Waals surface area contributed by atoms with E-state index in [9.17, 15) is 27.9 Å². The fourth-order valence-electron chi connectivity index (χ4n) is 3.15. The highest BCUT2D eigenvalue weighted by Gasteiger charge is 2.30. The summed E-state index contributed by atoms with van der Waals surface area (Å²) in [4.78, 5) is 27.2. The van der Waals surface area contributed by atoms with Gasteiger partial charge in [-0.05, 0) is 35.9 Å². The fraction of sp³-hybridized carbons (Fsp3) is 0.286. The smallest absolute Gasteiger partial charge is 0.416 e. The number of carbonyl (C=O) groups excluding carboxylic acids is 1. The number of nitrogens with one attached hydrogen (secondary N) is 1. The molecule has 0 fully saturated rings. The number of imidazole rings is 1. The average molecular weight is 419 g/mol. The number of benzene rings is 2. The van der Waals surface area contributed by atoms with Gasteiger partial charge < -0.3 is 15.0 Å². The molecule has 2 aromatic carbocycles. The highest BCUT2D eigenvalue weighted by atomic mass is 19.4. The number of alkyl halides is 3. The van der Waals surface area contributed by atoms with Crippen LogP contribution < -0.4 is 5.32 Å². The van der Waals surface area contributed by atoms with Crippen molar-refractivity contribution in [1.82, 2.24) is 14.9 Å². The predicted molar refractivity (Wildman–Crippen MR) is 104 cm³/mol. The number of amides is 1. The normalized spacial score (nSPS) is 11.6. The van der Waals surface area contributed by atoms with E-state index in [1.807, 2.05) is 0 Å².